The number of halogens is 3. The third-order valence-corrected chi connectivity index (χ3v) is 7.28. The average molecular weight is 532 g/mol. The van der Waals surface area contributed by atoms with E-state index in [0.29, 0.717) is 18.1 Å². The molecule has 0 radical (unpaired) electrons. The number of hydrogen-bond donors (Lipinski definition) is 1. The Morgan fingerprint density at radius 3 is 1.92 bits per heavy atom. The van der Waals surface area contributed by atoms with Crippen molar-refractivity contribution in [1.29, 1.82) is 0 Å². The van der Waals surface area contributed by atoms with Crippen molar-refractivity contribution in [3.8, 4) is 0 Å². The van der Waals surface area contributed by atoms with Crippen molar-refractivity contribution in [2.45, 2.75) is 63.8 Å². The molecule has 1 N–H and O–H groups in total. The van der Waals surface area contributed by atoms with Crippen LogP contribution in [0.4, 0.5) is 24.5 Å². The molecule has 2 aliphatic heterocycles. The summed E-state index contributed by atoms with van der Waals surface area (Å²) in [4.78, 5) is 28.7. The Balaban J connectivity index is 0.000000505. The zero-order valence-electron chi connectivity index (χ0n) is 21.9. The molecule has 2 aliphatic rings. The molecule has 0 aliphatic carbocycles. The number of carbonyl (C=O) groups excluding carboxylic acids is 1. The van der Waals surface area contributed by atoms with E-state index in [2.05, 4.69) is 58.8 Å². The highest BCUT2D eigenvalue weighted by atomic mass is 19.4. The number of rotatable bonds is 8. The van der Waals surface area contributed by atoms with Crippen LogP contribution in [0.1, 0.15) is 49.9 Å². The Hall–Kier alpha value is -3.33. The molecule has 2 bridgehead atoms. The van der Waals surface area contributed by atoms with Gasteiger partial charge >= 0.3 is 12.1 Å². The maximum Gasteiger partial charge on any atom is 0.490 e. The van der Waals surface area contributed by atoms with Gasteiger partial charge in [-0.25, -0.2) is 4.79 Å². The average Bonchev–Trinajstić information content (AvgIpc) is 3.13. The summed E-state index contributed by atoms with van der Waals surface area (Å²) in [6.45, 7) is 10.5. The fourth-order valence-corrected chi connectivity index (χ4v) is 5.52. The van der Waals surface area contributed by atoms with Gasteiger partial charge in [0.25, 0.3) is 5.91 Å². The van der Waals surface area contributed by atoms with Crippen molar-refractivity contribution >= 4 is 23.3 Å². The van der Waals surface area contributed by atoms with Gasteiger partial charge in [0.1, 0.15) is 0 Å². The first-order chi connectivity index (χ1) is 18.1. The van der Waals surface area contributed by atoms with E-state index in [0.717, 1.165) is 25.2 Å². The van der Waals surface area contributed by atoms with Crippen molar-refractivity contribution in [3.05, 3.63) is 72.8 Å². The Morgan fingerprint density at radius 2 is 1.47 bits per heavy atom. The van der Waals surface area contributed by atoms with Crippen LogP contribution in [-0.4, -0.2) is 70.7 Å². The number of alkyl halides is 3. The van der Waals surface area contributed by atoms with Gasteiger partial charge in [0, 0.05) is 54.7 Å². The van der Waals surface area contributed by atoms with Crippen molar-refractivity contribution in [1.82, 2.24) is 9.80 Å². The maximum absolute atomic E-state index is 12.8. The second kappa shape index (κ2) is 13.0. The topological polar surface area (TPSA) is 64.1 Å². The highest BCUT2D eigenvalue weighted by molar-refractivity contribution is 5.94. The van der Waals surface area contributed by atoms with Gasteiger partial charge in [-0.1, -0.05) is 24.3 Å². The van der Waals surface area contributed by atoms with Gasteiger partial charge in [0.15, 0.2) is 0 Å². The van der Waals surface area contributed by atoms with Crippen LogP contribution in [0.25, 0.3) is 0 Å². The zero-order valence-corrected chi connectivity index (χ0v) is 21.9. The molecule has 9 heteroatoms. The van der Waals surface area contributed by atoms with E-state index in [9.17, 15) is 18.0 Å². The second-order valence-corrected chi connectivity index (χ2v) is 9.53. The predicted molar refractivity (Wildman–Crippen MR) is 143 cm³/mol. The van der Waals surface area contributed by atoms with Gasteiger partial charge in [-0.2, -0.15) is 13.2 Å². The molecule has 2 aromatic rings. The summed E-state index contributed by atoms with van der Waals surface area (Å²) in [5.41, 5.74) is 3.16. The number of hydrogen-bond acceptors (Lipinski definition) is 4. The zero-order chi connectivity index (χ0) is 27.9. The molecule has 206 valence electrons. The van der Waals surface area contributed by atoms with Gasteiger partial charge < -0.3 is 14.9 Å². The number of anilines is 2. The molecule has 2 unspecified atom stereocenters. The number of benzene rings is 2. The quantitative estimate of drug-likeness (QED) is 0.416. The van der Waals surface area contributed by atoms with Crippen molar-refractivity contribution in [3.63, 3.8) is 0 Å². The van der Waals surface area contributed by atoms with Gasteiger partial charge in [-0.15, -0.1) is 6.58 Å². The molecule has 2 fully saturated rings. The van der Waals surface area contributed by atoms with E-state index < -0.39 is 12.1 Å². The molecule has 0 aromatic heterocycles. The molecule has 0 saturated carbocycles. The Kier molecular flexibility index (Phi) is 9.96. The maximum atomic E-state index is 12.8. The Labute approximate surface area is 222 Å². The van der Waals surface area contributed by atoms with E-state index >= 15 is 0 Å². The summed E-state index contributed by atoms with van der Waals surface area (Å²) in [6.07, 6.45) is 1.87. The van der Waals surface area contributed by atoms with E-state index in [1.807, 2.05) is 37.0 Å². The minimum Gasteiger partial charge on any atom is -0.475 e. The molecule has 4 rings (SSSR count). The van der Waals surface area contributed by atoms with Crippen LogP contribution in [0.15, 0.2) is 67.3 Å². The molecule has 2 saturated heterocycles. The lowest BCUT2D eigenvalue weighted by Crippen LogP contribution is -2.49. The van der Waals surface area contributed by atoms with Crippen LogP contribution in [0.3, 0.4) is 0 Å². The van der Waals surface area contributed by atoms with Crippen molar-refractivity contribution in [2.24, 2.45) is 0 Å². The largest absolute Gasteiger partial charge is 0.490 e. The number of aliphatic carboxylic acids is 1. The lowest BCUT2D eigenvalue weighted by Gasteiger charge is -2.44. The molecular formula is C29H36F3N3O3. The first-order valence-electron chi connectivity index (χ1n) is 13.0. The summed E-state index contributed by atoms with van der Waals surface area (Å²) in [7, 11) is 0. The lowest BCUT2D eigenvalue weighted by atomic mass is 9.94. The van der Waals surface area contributed by atoms with Gasteiger partial charge in [-0.05, 0) is 75.9 Å². The first kappa shape index (κ1) is 29.2. The standard InChI is InChI=1S/C27H35N3O.C2HF3O2/c1-4-18-29-24-16-17-25(29)20-26(19-24)30(22-10-8-7-9-11-22)23-14-12-21(13-15-23)27(31)28(5-2)6-3;3-2(4,5)1(6)7/h4,7-15,24-26H,1,5-6,16-20H2,2-3H3;(H,6,7). The number of carboxylic acid groups (broad SMARTS) is 1. The minimum absolute atomic E-state index is 0.110. The van der Waals surface area contributed by atoms with Crippen LogP contribution in [-0.2, 0) is 4.79 Å². The SMILES string of the molecule is C=CCN1C2CCC1CC(N(c1ccccc1)c1ccc(C(=O)N(CC)CC)cc1)C2.O=C(O)C(F)(F)F. The normalized spacial score (nSPS) is 20.7. The molecule has 2 atom stereocenters. The summed E-state index contributed by atoms with van der Waals surface area (Å²) in [5, 5.41) is 7.12. The third kappa shape index (κ3) is 6.95. The molecular weight excluding hydrogens is 495 g/mol. The van der Waals surface area contributed by atoms with E-state index in [1.54, 1.807) is 0 Å². The lowest BCUT2D eigenvalue weighted by molar-refractivity contribution is -0.192. The van der Waals surface area contributed by atoms with Crippen LogP contribution in [0.5, 0.6) is 0 Å². The van der Waals surface area contributed by atoms with Gasteiger partial charge in [-0.3, -0.25) is 9.69 Å². The van der Waals surface area contributed by atoms with Crippen LogP contribution in [0.2, 0.25) is 0 Å². The smallest absolute Gasteiger partial charge is 0.475 e. The summed E-state index contributed by atoms with van der Waals surface area (Å²) in [6, 6.07) is 20.7. The highest BCUT2D eigenvalue weighted by Crippen LogP contribution is 2.41. The number of carboxylic acids is 1. The van der Waals surface area contributed by atoms with Gasteiger partial charge in [0.2, 0.25) is 0 Å². The van der Waals surface area contributed by atoms with Crippen LogP contribution < -0.4 is 4.90 Å². The fourth-order valence-electron chi connectivity index (χ4n) is 5.52. The fraction of sp³-hybridized carbons (Fsp3) is 0.448. The third-order valence-electron chi connectivity index (χ3n) is 7.28. The second-order valence-electron chi connectivity index (χ2n) is 9.53. The van der Waals surface area contributed by atoms with Crippen molar-refractivity contribution in [2.75, 3.05) is 24.5 Å². The molecule has 2 heterocycles. The summed E-state index contributed by atoms with van der Waals surface area (Å²) < 4.78 is 31.7. The Morgan fingerprint density at radius 1 is 0.974 bits per heavy atom. The number of piperidine rings is 1. The monoisotopic (exact) mass is 531 g/mol. The molecule has 0 spiro atoms. The van der Waals surface area contributed by atoms with E-state index in [1.165, 1.54) is 37.1 Å². The van der Waals surface area contributed by atoms with Crippen LogP contribution >= 0.6 is 0 Å². The number of fused-ring (bicyclic) bond motifs is 2. The molecule has 38 heavy (non-hydrogen) atoms. The number of amides is 1. The minimum atomic E-state index is -5.08. The highest BCUT2D eigenvalue weighted by Gasteiger charge is 2.42. The van der Waals surface area contributed by atoms with E-state index in [4.69, 9.17) is 9.90 Å². The first-order valence-corrected chi connectivity index (χ1v) is 13.0. The molecule has 6 nitrogen and oxygen atoms in total. The number of carbonyl (C=O) groups is 2. The molecule has 2 aromatic carbocycles. The number of para-hydroxylation sites is 1. The predicted octanol–water partition coefficient (Wildman–Crippen LogP) is 6.12. The van der Waals surface area contributed by atoms with Gasteiger partial charge in [0.05, 0.1) is 0 Å². The van der Waals surface area contributed by atoms with Crippen molar-refractivity contribution < 1.29 is 27.9 Å². The summed E-state index contributed by atoms with van der Waals surface area (Å²) >= 11 is 0. The van der Waals surface area contributed by atoms with E-state index in [-0.39, 0.29) is 5.91 Å². The van der Waals surface area contributed by atoms with Crippen LogP contribution in [0, 0.1) is 0 Å². The number of nitrogens with zero attached hydrogens (tertiary/aromatic N) is 3. The Bertz CT molecular complexity index is 1060. The summed E-state index contributed by atoms with van der Waals surface area (Å²) in [5.74, 6) is -2.65. The molecule has 1 amide bonds.